The minimum Gasteiger partial charge on any atom is -0.482 e. The number of benzene rings is 2. The molecule has 0 N–H and O–H groups in total. The molecule has 20 heavy (non-hydrogen) atoms. The number of nitro benzene ring substituents is 1. The second-order valence-electron chi connectivity index (χ2n) is 4.11. The summed E-state index contributed by atoms with van der Waals surface area (Å²) in [5, 5.41) is 12.2. The third-order valence-electron chi connectivity index (χ3n) is 2.68. The number of ether oxygens (including phenoxy) is 1. The van der Waals surface area contributed by atoms with Crippen LogP contribution in [0.5, 0.6) is 5.75 Å². The van der Waals surface area contributed by atoms with Crippen molar-refractivity contribution in [2.24, 2.45) is 0 Å². The highest BCUT2D eigenvalue weighted by atomic mass is 79.9. The Morgan fingerprint density at radius 3 is 2.40 bits per heavy atom. The molecule has 0 aromatic heterocycles. The first-order chi connectivity index (χ1) is 9.60. The molecule has 0 saturated carbocycles. The van der Waals surface area contributed by atoms with Crippen LogP contribution in [0, 0.1) is 10.1 Å². The fourth-order valence-electron chi connectivity index (χ4n) is 1.65. The van der Waals surface area contributed by atoms with Crippen molar-refractivity contribution in [1.29, 1.82) is 0 Å². The maximum atomic E-state index is 11.0. The average Bonchev–Trinajstić information content (AvgIpc) is 2.46. The van der Waals surface area contributed by atoms with Gasteiger partial charge >= 0.3 is 5.69 Å². The molecule has 0 fully saturated rings. The Balaban J connectivity index is 2.16. The third-order valence-corrected chi connectivity index (χ3v) is 3.58. The lowest BCUT2D eigenvalue weighted by atomic mass is 10.2. The molecule has 0 amide bonds. The largest absolute Gasteiger partial charge is 0.482 e. The molecule has 0 bridgehead atoms. The summed E-state index contributed by atoms with van der Waals surface area (Å²) in [5.41, 5.74) is 1.69. The summed E-state index contributed by atoms with van der Waals surface area (Å²) >= 11 is 9.07. The molecule has 4 nitrogen and oxygen atoms in total. The van der Waals surface area contributed by atoms with E-state index >= 15 is 0 Å². The lowest BCUT2D eigenvalue weighted by Crippen LogP contribution is -1.99. The number of hydrogen-bond donors (Lipinski definition) is 0. The normalized spacial score (nSPS) is 10.3. The first-order valence-corrected chi connectivity index (χ1v) is 7.30. The van der Waals surface area contributed by atoms with Crippen molar-refractivity contribution in [2.75, 3.05) is 0 Å². The first-order valence-electron chi connectivity index (χ1n) is 5.80. The number of rotatable bonds is 5. The van der Waals surface area contributed by atoms with Gasteiger partial charge in [-0.05, 0) is 29.3 Å². The number of nitro groups is 1. The zero-order chi connectivity index (χ0) is 14.5. The van der Waals surface area contributed by atoms with Crippen LogP contribution in [0.2, 0.25) is 5.02 Å². The number of nitrogens with zero attached hydrogens (tertiary/aromatic N) is 1. The predicted molar refractivity (Wildman–Crippen MR) is 81.5 cm³/mol. The summed E-state index contributed by atoms with van der Waals surface area (Å²) < 4.78 is 5.52. The van der Waals surface area contributed by atoms with E-state index in [9.17, 15) is 10.1 Å². The van der Waals surface area contributed by atoms with E-state index in [-0.39, 0.29) is 18.0 Å². The van der Waals surface area contributed by atoms with Gasteiger partial charge in [-0.25, -0.2) is 0 Å². The molecule has 0 spiro atoms. The van der Waals surface area contributed by atoms with Crippen molar-refractivity contribution in [3.63, 3.8) is 0 Å². The van der Waals surface area contributed by atoms with Gasteiger partial charge in [0.2, 0.25) is 0 Å². The first kappa shape index (κ1) is 14.8. The molecule has 0 saturated heterocycles. The van der Waals surface area contributed by atoms with Gasteiger partial charge in [-0.1, -0.05) is 45.7 Å². The Labute approximate surface area is 129 Å². The van der Waals surface area contributed by atoms with Gasteiger partial charge < -0.3 is 4.74 Å². The molecule has 0 aliphatic heterocycles. The molecule has 0 aliphatic rings. The second kappa shape index (κ2) is 6.72. The van der Waals surface area contributed by atoms with Crippen LogP contribution in [0.25, 0.3) is 0 Å². The zero-order valence-corrected chi connectivity index (χ0v) is 12.7. The van der Waals surface area contributed by atoms with Gasteiger partial charge in [0.1, 0.15) is 6.61 Å². The van der Waals surface area contributed by atoms with E-state index in [1.165, 1.54) is 6.07 Å². The predicted octanol–water partition coefficient (Wildman–Crippen LogP) is 4.72. The number of halogens is 2. The van der Waals surface area contributed by atoms with Crippen molar-refractivity contribution < 1.29 is 9.66 Å². The molecule has 2 aromatic rings. The van der Waals surface area contributed by atoms with Crippen LogP contribution in [-0.2, 0) is 11.9 Å². The summed E-state index contributed by atoms with van der Waals surface area (Å²) in [4.78, 5) is 10.6. The Bertz CT molecular complexity index is 616. The van der Waals surface area contributed by atoms with Gasteiger partial charge in [-0.15, -0.1) is 0 Å². The molecule has 0 unspecified atom stereocenters. The summed E-state index contributed by atoms with van der Waals surface area (Å²) in [6.07, 6.45) is 0. The van der Waals surface area contributed by atoms with Crippen LogP contribution < -0.4 is 4.74 Å². The number of hydrogen-bond acceptors (Lipinski definition) is 3. The van der Waals surface area contributed by atoms with Crippen LogP contribution in [-0.4, -0.2) is 4.92 Å². The van der Waals surface area contributed by atoms with Crippen LogP contribution in [0.1, 0.15) is 11.1 Å². The maximum Gasteiger partial charge on any atom is 0.311 e. The summed E-state index contributed by atoms with van der Waals surface area (Å²) in [5.74, 6) is 0.259. The lowest BCUT2D eigenvalue weighted by molar-refractivity contribution is -0.386. The van der Waals surface area contributed by atoms with E-state index in [2.05, 4.69) is 15.9 Å². The Morgan fingerprint density at radius 1 is 1.15 bits per heavy atom. The zero-order valence-electron chi connectivity index (χ0n) is 10.4. The van der Waals surface area contributed by atoms with Crippen LogP contribution in [0.3, 0.4) is 0 Å². The highest BCUT2D eigenvalue weighted by molar-refractivity contribution is 9.08. The lowest BCUT2D eigenvalue weighted by Gasteiger charge is -2.08. The van der Waals surface area contributed by atoms with Gasteiger partial charge in [0, 0.05) is 16.4 Å². The fraction of sp³-hybridized carbons (Fsp3) is 0.143. The van der Waals surface area contributed by atoms with E-state index in [1.807, 2.05) is 12.1 Å². The minimum absolute atomic E-state index is 0.0316. The molecular formula is C14H11BrClNO3. The minimum atomic E-state index is -0.441. The van der Waals surface area contributed by atoms with Crippen molar-refractivity contribution in [1.82, 2.24) is 0 Å². The molecular weight excluding hydrogens is 346 g/mol. The van der Waals surface area contributed by atoms with Crippen molar-refractivity contribution >= 4 is 33.2 Å². The van der Waals surface area contributed by atoms with Crippen molar-refractivity contribution in [3.8, 4) is 5.75 Å². The highest BCUT2D eigenvalue weighted by Crippen LogP contribution is 2.29. The monoisotopic (exact) mass is 355 g/mol. The molecule has 104 valence electrons. The third kappa shape index (κ3) is 3.71. The topological polar surface area (TPSA) is 52.4 Å². The average molecular weight is 357 g/mol. The Kier molecular flexibility index (Phi) is 4.98. The van der Waals surface area contributed by atoms with Gasteiger partial charge in [0.15, 0.2) is 5.75 Å². The smallest absolute Gasteiger partial charge is 0.311 e. The summed E-state index contributed by atoms with van der Waals surface area (Å²) in [7, 11) is 0. The van der Waals surface area contributed by atoms with E-state index in [0.29, 0.717) is 10.4 Å². The van der Waals surface area contributed by atoms with Gasteiger partial charge in [0.25, 0.3) is 0 Å². The van der Waals surface area contributed by atoms with Gasteiger partial charge in [0.05, 0.1) is 4.92 Å². The second-order valence-corrected chi connectivity index (χ2v) is 5.11. The quantitative estimate of drug-likeness (QED) is 0.442. The van der Waals surface area contributed by atoms with Gasteiger partial charge in [-0.2, -0.15) is 0 Å². The van der Waals surface area contributed by atoms with E-state index in [1.54, 1.807) is 24.3 Å². The molecule has 0 heterocycles. The van der Waals surface area contributed by atoms with Crippen LogP contribution >= 0.6 is 27.5 Å². The molecule has 2 aromatic carbocycles. The summed E-state index contributed by atoms with van der Waals surface area (Å²) in [6, 6.07) is 12.1. The summed E-state index contributed by atoms with van der Waals surface area (Å²) in [6.45, 7) is 0.256. The van der Waals surface area contributed by atoms with Crippen LogP contribution in [0.4, 0.5) is 5.69 Å². The van der Waals surface area contributed by atoms with E-state index < -0.39 is 4.92 Å². The van der Waals surface area contributed by atoms with E-state index in [4.69, 9.17) is 16.3 Å². The highest BCUT2D eigenvalue weighted by Gasteiger charge is 2.15. The standard InChI is InChI=1S/C14H11BrClNO3/c15-8-11-3-6-14(13(7-11)17(18)19)20-9-10-1-4-12(16)5-2-10/h1-7H,8-9H2. The molecule has 0 atom stereocenters. The van der Waals surface area contributed by atoms with Gasteiger partial charge in [-0.3, -0.25) is 10.1 Å². The SMILES string of the molecule is O=[N+]([O-])c1cc(CBr)ccc1OCc1ccc(Cl)cc1. The number of alkyl halides is 1. The molecule has 2 rings (SSSR count). The van der Waals surface area contributed by atoms with Crippen LogP contribution in [0.15, 0.2) is 42.5 Å². The fourth-order valence-corrected chi connectivity index (χ4v) is 2.13. The molecule has 0 aliphatic carbocycles. The van der Waals surface area contributed by atoms with Crippen molar-refractivity contribution in [2.45, 2.75) is 11.9 Å². The van der Waals surface area contributed by atoms with Crippen molar-refractivity contribution in [3.05, 3.63) is 68.7 Å². The Hall–Kier alpha value is -1.59. The molecule has 0 radical (unpaired) electrons. The van der Waals surface area contributed by atoms with E-state index in [0.717, 1.165) is 11.1 Å². The molecule has 6 heteroatoms. The Morgan fingerprint density at radius 2 is 1.80 bits per heavy atom. The maximum absolute atomic E-state index is 11.0.